The molecule has 1 aromatic heterocycles. The fourth-order valence-corrected chi connectivity index (χ4v) is 3.86. The Labute approximate surface area is 241 Å². The van der Waals surface area contributed by atoms with E-state index < -0.39 is 6.10 Å². The van der Waals surface area contributed by atoms with Gasteiger partial charge in [0.25, 0.3) is 0 Å². The molecule has 1 aromatic carbocycles. The first-order valence-corrected chi connectivity index (χ1v) is 13.7. The fraction of sp³-hybridized carbons (Fsp3) is 0.467. The number of aliphatic hydroxyl groups is 1. The Kier molecular flexibility index (Phi) is 11.1. The second-order valence-corrected chi connectivity index (χ2v) is 10.5. The van der Waals surface area contributed by atoms with Crippen LogP contribution in [0.5, 0.6) is 17.2 Å². The number of ether oxygens (including phenoxy) is 3. The van der Waals surface area contributed by atoms with Crippen LogP contribution in [0.3, 0.4) is 0 Å². The molecule has 1 aliphatic carbocycles. The quantitative estimate of drug-likeness (QED) is 0.184. The van der Waals surface area contributed by atoms with Gasteiger partial charge in [-0.2, -0.15) is 4.98 Å². The molecule has 1 fully saturated rings. The minimum Gasteiger partial charge on any atom is -0.493 e. The first kappa shape index (κ1) is 31.4. The number of aliphatic hydroxyl groups excluding tert-OH is 1. The molecular weight excluding hydrogens is 526 g/mol. The monoisotopic (exact) mass is 567 g/mol. The van der Waals surface area contributed by atoms with Crippen LogP contribution in [0.2, 0.25) is 0 Å². The predicted octanol–water partition coefficient (Wildman–Crippen LogP) is 4.13. The number of aromatic nitrogens is 2. The van der Waals surface area contributed by atoms with E-state index in [-0.39, 0.29) is 54.4 Å². The van der Waals surface area contributed by atoms with E-state index in [0.717, 1.165) is 18.4 Å². The average Bonchev–Trinajstić information content (AvgIpc) is 3.80. The van der Waals surface area contributed by atoms with Crippen molar-refractivity contribution in [3.05, 3.63) is 47.7 Å². The summed E-state index contributed by atoms with van der Waals surface area (Å²) in [7, 11) is 3.07. The molecule has 0 aliphatic heterocycles. The largest absolute Gasteiger partial charge is 0.493 e. The van der Waals surface area contributed by atoms with E-state index in [2.05, 4.69) is 32.7 Å². The first-order valence-electron chi connectivity index (χ1n) is 13.7. The van der Waals surface area contributed by atoms with Gasteiger partial charge in [0.05, 0.1) is 20.3 Å². The number of methoxy groups -OCH3 is 2. The zero-order chi connectivity index (χ0) is 30.1. The maximum atomic E-state index is 12.7. The Bertz CT molecular complexity index is 1270. The summed E-state index contributed by atoms with van der Waals surface area (Å²) in [6.45, 7) is 11.1. The van der Waals surface area contributed by atoms with Crippen LogP contribution in [0.1, 0.15) is 57.2 Å². The van der Waals surface area contributed by atoms with Crippen LogP contribution in [-0.2, 0) is 16.0 Å². The maximum absolute atomic E-state index is 12.7. The van der Waals surface area contributed by atoms with Gasteiger partial charge in [0.2, 0.25) is 23.5 Å². The van der Waals surface area contributed by atoms with E-state index in [4.69, 9.17) is 14.2 Å². The summed E-state index contributed by atoms with van der Waals surface area (Å²) in [4.78, 5) is 33.5. The summed E-state index contributed by atoms with van der Waals surface area (Å²) in [6, 6.07) is 1.83. The zero-order valence-electron chi connectivity index (χ0n) is 24.6. The molecule has 2 aromatic rings. The number of hydrazine groups is 1. The van der Waals surface area contributed by atoms with Gasteiger partial charge < -0.3 is 24.6 Å². The molecular formula is C30H41N5O6. The molecule has 1 aliphatic rings. The summed E-state index contributed by atoms with van der Waals surface area (Å²) in [5.41, 5.74) is 7.32. The Hall–Kier alpha value is -4.12. The number of carbonyl (C=O) groups is 2. The minimum atomic E-state index is -0.584. The average molecular weight is 568 g/mol. The van der Waals surface area contributed by atoms with E-state index in [0.29, 0.717) is 28.4 Å². The Morgan fingerprint density at radius 3 is 2.39 bits per heavy atom. The lowest BCUT2D eigenvalue weighted by Crippen LogP contribution is -2.33. The molecule has 1 atom stereocenters. The number of benzene rings is 1. The van der Waals surface area contributed by atoms with Crippen molar-refractivity contribution in [3.8, 4) is 17.2 Å². The minimum absolute atomic E-state index is 0.122. The molecule has 11 heteroatoms. The second-order valence-electron chi connectivity index (χ2n) is 10.5. The molecule has 1 saturated carbocycles. The van der Waals surface area contributed by atoms with Crippen molar-refractivity contribution in [3.63, 3.8) is 0 Å². The van der Waals surface area contributed by atoms with Gasteiger partial charge >= 0.3 is 0 Å². The van der Waals surface area contributed by atoms with Crippen LogP contribution >= 0.6 is 0 Å². The lowest BCUT2D eigenvalue weighted by atomic mass is 9.97. The normalized spacial score (nSPS) is 13.7. The third kappa shape index (κ3) is 8.43. The van der Waals surface area contributed by atoms with Crippen LogP contribution in [0, 0.1) is 17.8 Å². The number of nitrogens with zero attached hydrogens (tertiary/aromatic N) is 2. The van der Waals surface area contributed by atoms with Crippen LogP contribution in [0.25, 0.3) is 6.08 Å². The molecule has 1 heterocycles. The number of rotatable bonds is 15. The number of nitrogens with one attached hydrogen (secondary N) is 3. The number of hydrogen-bond donors (Lipinski definition) is 4. The highest BCUT2D eigenvalue weighted by Crippen LogP contribution is 2.44. The van der Waals surface area contributed by atoms with E-state index in [1.165, 1.54) is 14.2 Å². The van der Waals surface area contributed by atoms with E-state index in [1.54, 1.807) is 46.0 Å². The third-order valence-corrected chi connectivity index (χ3v) is 6.49. The molecule has 0 spiro atoms. The van der Waals surface area contributed by atoms with Crippen LogP contribution in [0.15, 0.2) is 31.0 Å². The van der Waals surface area contributed by atoms with Crippen molar-refractivity contribution in [2.45, 2.75) is 53.1 Å². The number of hydrogen-bond acceptors (Lipinski definition) is 9. The van der Waals surface area contributed by atoms with Gasteiger partial charge in [-0.3, -0.25) is 20.4 Å². The van der Waals surface area contributed by atoms with Crippen LogP contribution in [0.4, 0.5) is 11.8 Å². The summed E-state index contributed by atoms with van der Waals surface area (Å²) >= 11 is 0. The van der Waals surface area contributed by atoms with Gasteiger partial charge in [-0.25, -0.2) is 4.98 Å². The molecule has 3 rings (SSSR count). The maximum Gasteiger partial charge on any atom is 0.243 e. The lowest BCUT2D eigenvalue weighted by Gasteiger charge is -2.20. The van der Waals surface area contributed by atoms with E-state index in [1.807, 2.05) is 12.1 Å². The highest BCUT2D eigenvalue weighted by atomic mass is 16.5. The highest BCUT2D eigenvalue weighted by Gasteiger charge is 2.28. The van der Waals surface area contributed by atoms with Crippen molar-refractivity contribution in [1.29, 1.82) is 0 Å². The Morgan fingerprint density at radius 2 is 1.80 bits per heavy atom. The van der Waals surface area contributed by atoms with Gasteiger partial charge in [0, 0.05) is 35.6 Å². The summed E-state index contributed by atoms with van der Waals surface area (Å²) in [6.07, 6.45) is 8.45. The van der Waals surface area contributed by atoms with E-state index >= 15 is 0 Å². The van der Waals surface area contributed by atoms with Crippen molar-refractivity contribution in [2.75, 3.05) is 31.6 Å². The standard InChI is InChI=1S/C30H41N5O6/c1-8-13-41-25-22(11-12-23(36)19-9-10-19)20(15-24(39-6)26(25)40-7)14-21-16-31-30(35-34-29(38)18(4)5)33-27(21)32-28(37)17(2)3/h8,11-12,15-19,23,36H,1,9-10,13-14H2,2-7H3,(H,34,38)(H2,31,32,33,35,37). The topological polar surface area (TPSA) is 144 Å². The Balaban J connectivity index is 2.10. The van der Waals surface area contributed by atoms with Crippen molar-refractivity contribution in [1.82, 2.24) is 15.4 Å². The zero-order valence-corrected chi connectivity index (χ0v) is 24.6. The van der Waals surface area contributed by atoms with Crippen molar-refractivity contribution < 1.29 is 28.9 Å². The molecule has 4 N–H and O–H groups in total. The second kappa shape index (κ2) is 14.5. The molecule has 11 nitrogen and oxygen atoms in total. The van der Waals surface area contributed by atoms with Crippen molar-refractivity contribution >= 4 is 29.7 Å². The molecule has 0 bridgehead atoms. The van der Waals surface area contributed by atoms with Gasteiger partial charge in [0.1, 0.15) is 12.4 Å². The van der Waals surface area contributed by atoms with Gasteiger partial charge in [-0.05, 0) is 30.4 Å². The van der Waals surface area contributed by atoms with Crippen molar-refractivity contribution in [2.24, 2.45) is 17.8 Å². The third-order valence-electron chi connectivity index (χ3n) is 6.49. The number of carbonyl (C=O) groups excluding carboxylic acids is 2. The number of amides is 2. The van der Waals surface area contributed by atoms with Crippen LogP contribution < -0.4 is 30.4 Å². The molecule has 0 saturated heterocycles. The van der Waals surface area contributed by atoms with Gasteiger partial charge in [-0.15, -0.1) is 0 Å². The molecule has 222 valence electrons. The van der Waals surface area contributed by atoms with Gasteiger partial charge in [0.15, 0.2) is 11.5 Å². The fourth-order valence-electron chi connectivity index (χ4n) is 3.86. The molecule has 41 heavy (non-hydrogen) atoms. The summed E-state index contributed by atoms with van der Waals surface area (Å²) in [5.74, 6) is 0.956. The lowest BCUT2D eigenvalue weighted by molar-refractivity contribution is -0.123. The summed E-state index contributed by atoms with van der Waals surface area (Å²) < 4.78 is 17.3. The summed E-state index contributed by atoms with van der Waals surface area (Å²) in [5, 5.41) is 13.4. The SMILES string of the molecule is C=CCOc1c(C=CC(O)C2CC2)c(Cc2cnc(NNC(=O)C(C)C)nc2NC(=O)C(C)C)cc(OC)c1OC. The van der Waals surface area contributed by atoms with Gasteiger partial charge in [-0.1, -0.05) is 52.5 Å². The van der Waals surface area contributed by atoms with Crippen LogP contribution in [-0.4, -0.2) is 53.8 Å². The molecule has 1 unspecified atom stereocenters. The Morgan fingerprint density at radius 1 is 1.10 bits per heavy atom. The highest BCUT2D eigenvalue weighted by molar-refractivity contribution is 5.92. The predicted molar refractivity (Wildman–Crippen MR) is 158 cm³/mol. The van der Waals surface area contributed by atoms with E-state index in [9.17, 15) is 14.7 Å². The number of anilines is 2. The first-order chi connectivity index (χ1) is 19.6. The molecule has 0 radical (unpaired) electrons. The smallest absolute Gasteiger partial charge is 0.243 e. The molecule has 2 amide bonds.